The number of nitrogens with zero attached hydrogens (tertiary/aromatic N) is 2. The quantitative estimate of drug-likeness (QED) is 0.757. The predicted molar refractivity (Wildman–Crippen MR) is 90.4 cm³/mol. The van der Waals surface area contributed by atoms with Gasteiger partial charge in [0.15, 0.2) is 0 Å². The number of halogens is 3. The summed E-state index contributed by atoms with van der Waals surface area (Å²) in [6, 6.07) is 6.36. The van der Waals surface area contributed by atoms with Gasteiger partial charge in [-0.2, -0.15) is 5.10 Å². The number of hydrogen-bond donors (Lipinski definition) is 1. The number of benzene rings is 1. The number of aromatic nitrogens is 2. The third-order valence-electron chi connectivity index (χ3n) is 3.11. The van der Waals surface area contributed by atoms with Crippen molar-refractivity contribution in [3.05, 3.63) is 49.6 Å². The molecule has 0 bridgehead atoms. The molecule has 0 radical (unpaired) electrons. The molecule has 6 heteroatoms. The van der Waals surface area contributed by atoms with Crippen LogP contribution in [0, 0.1) is 0 Å². The lowest BCUT2D eigenvalue weighted by Gasteiger charge is -2.22. The molecule has 1 N–H and O–H groups in total. The molecule has 0 saturated heterocycles. The summed E-state index contributed by atoms with van der Waals surface area (Å²) in [5, 5.41) is 8.38. The highest BCUT2D eigenvalue weighted by Crippen LogP contribution is 2.34. The molecule has 0 aliphatic rings. The van der Waals surface area contributed by atoms with Crippen molar-refractivity contribution in [3.8, 4) is 0 Å². The molecule has 20 heavy (non-hydrogen) atoms. The van der Waals surface area contributed by atoms with E-state index in [2.05, 4.69) is 62.2 Å². The Labute approximate surface area is 141 Å². The first-order valence-corrected chi connectivity index (χ1v) is 8.27. The Hall–Kier alpha value is -0.360. The van der Waals surface area contributed by atoms with E-state index in [0.717, 1.165) is 20.2 Å². The zero-order valence-electron chi connectivity index (χ0n) is 11.5. The lowest BCUT2D eigenvalue weighted by Crippen LogP contribution is -2.23. The van der Waals surface area contributed by atoms with Crippen molar-refractivity contribution in [3.63, 3.8) is 0 Å². The van der Waals surface area contributed by atoms with Gasteiger partial charge in [0.25, 0.3) is 0 Å². The summed E-state index contributed by atoms with van der Waals surface area (Å²) in [5.74, 6) is 0. The minimum absolute atomic E-state index is 0.0186. The molecule has 1 aromatic heterocycles. The van der Waals surface area contributed by atoms with Gasteiger partial charge in [-0.3, -0.25) is 4.68 Å². The largest absolute Gasteiger partial charge is 0.308 e. The van der Waals surface area contributed by atoms with Crippen molar-refractivity contribution in [2.24, 2.45) is 0 Å². The van der Waals surface area contributed by atoms with E-state index in [-0.39, 0.29) is 12.1 Å². The molecule has 0 saturated carbocycles. The molecule has 1 heterocycles. The van der Waals surface area contributed by atoms with Crippen molar-refractivity contribution in [2.75, 3.05) is 7.05 Å². The first kappa shape index (κ1) is 16.0. The second-order valence-corrected chi connectivity index (χ2v) is 6.98. The van der Waals surface area contributed by atoms with Gasteiger partial charge in [-0.05, 0) is 38.6 Å². The fraction of sp³-hybridized carbons (Fsp3) is 0.357. The van der Waals surface area contributed by atoms with Crippen LogP contribution in [-0.2, 0) is 0 Å². The normalized spacial score (nSPS) is 12.9. The van der Waals surface area contributed by atoms with E-state index in [1.807, 2.05) is 23.9 Å². The topological polar surface area (TPSA) is 29.9 Å². The summed E-state index contributed by atoms with van der Waals surface area (Å²) in [6.45, 7) is 4.19. The highest BCUT2D eigenvalue weighted by atomic mass is 79.9. The van der Waals surface area contributed by atoms with E-state index in [0.29, 0.717) is 5.02 Å². The van der Waals surface area contributed by atoms with Crippen LogP contribution in [0.1, 0.15) is 37.2 Å². The second kappa shape index (κ2) is 6.60. The van der Waals surface area contributed by atoms with Crippen LogP contribution < -0.4 is 5.32 Å². The van der Waals surface area contributed by atoms with Crippen LogP contribution in [-0.4, -0.2) is 16.8 Å². The van der Waals surface area contributed by atoms with Gasteiger partial charge in [0.1, 0.15) is 0 Å². The summed E-state index contributed by atoms with van der Waals surface area (Å²) in [7, 11) is 1.92. The predicted octanol–water partition coefficient (Wildman–Crippen LogP) is 4.95. The smallest absolute Gasteiger partial charge is 0.0837 e. The number of hydrogen-bond acceptors (Lipinski definition) is 2. The maximum absolute atomic E-state index is 6.35. The monoisotopic (exact) mass is 419 g/mol. The Balaban J connectivity index is 2.55. The molecule has 108 valence electrons. The summed E-state index contributed by atoms with van der Waals surface area (Å²) in [5.41, 5.74) is 2.10. The summed E-state index contributed by atoms with van der Waals surface area (Å²) < 4.78 is 4.02. The Morgan fingerprint density at radius 3 is 2.55 bits per heavy atom. The van der Waals surface area contributed by atoms with Crippen LogP contribution in [0.25, 0.3) is 0 Å². The van der Waals surface area contributed by atoms with Crippen LogP contribution in [0.4, 0.5) is 0 Å². The van der Waals surface area contributed by atoms with E-state index >= 15 is 0 Å². The van der Waals surface area contributed by atoms with Crippen LogP contribution in [0.2, 0.25) is 5.02 Å². The summed E-state index contributed by atoms with van der Waals surface area (Å²) in [4.78, 5) is 0. The van der Waals surface area contributed by atoms with Gasteiger partial charge >= 0.3 is 0 Å². The third kappa shape index (κ3) is 3.11. The second-order valence-electron chi connectivity index (χ2n) is 4.80. The number of rotatable bonds is 4. The van der Waals surface area contributed by atoms with Gasteiger partial charge in [0, 0.05) is 15.0 Å². The highest BCUT2D eigenvalue weighted by molar-refractivity contribution is 9.11. The van der Waals surface area contributed by atoms with Crippen LogP contribution in [0.15, 0.2) is 33.3 Å². The van der Waals surface area contributed by atoms with E-state index in [1.54, 1.807) is 6.20 Å². The molecular formula is C14H16Br2ClN3. The summed E-state index contributed by atoms with van der Waals surface area (Å²) >= 11 is 13.4. The molecule has 2 rings (SSSR count). The van der Waals surface area contributed by atoms with Crippen molar-refractivity contribution >= 4 is 43.5 Å². The van der Waals surface area contributed by atoms with Crippen molar-refractivity contribution < 1.29 is 0 Å². The first-order valence-electron chi connectivity index (χ1n) is 6.30. The number of nitrogens with one attached hydrogen (secondary N) is 1. The van der Waals surface area contributed by atoms with E-state index in [4.69, 9.17) is 11.6 Å². The maximum Gasteiger partial charge on any atom is 0.0837 e. The van der Waals surface area contributed by atoms with Crippen LogP contribution >= 0.6 is 43.5 Å². The zero-order chi connectivity index (χ0) is 14.9. The van der Waals surface area contributed by atoms with Crippen molar-refractivity contribution in [1.82, 2.24) is 15.1 Å². The molecule has 0 fully saturated rings. The molecular weight excluding hydrogens is 405 g/mol. The molecule has 3 nitrogen and oxygen atoms in total. The van der Waals surface area contributed by atoms with Gasteiger partial charge in [0.2, 0.25) is 0 Å². The average molecular weight is 422 g/mol. The standard InChI is InChI=1S/C14H16Br2ClN3/c1-8(2)20-14(12(17)7-19-20)13(18-3)10-5-4-9(15)6-11(10)16/h4-8,13,18H,1-3H3. The van der Waals surface area contributed by atoms with Gasteiger partial charge in [0.05, 0.1) is 23.0 Å². The lowest BCUT2D eigenvalue weighted by atomic mass is 10.0. The van der Waals surface area contributed by atoms with Crippen LogP contribution in [0.3, 0.4) is 0 Å². The van der Waals surface area contributed by atoms with Crippen molar-refractivity contribution in [1.29, 1.82) is 0 Å². The minimum atomic E-state index is -0.0186. The third-order valence-corrected chi connectivity index (χ3v) is 4.58. The van der Waals surface area contributed by atoms with E-state index in [9.17, 15) is 0 Å². The first-order chi connectivity index (χ1) is 9.45. The van der Waals surface area contributed by atoms with Gasteiger partial charge in [-0.15, -0.1) is 0 Å². The SMILES string of the molecule is CNC(c1ccc(Br)cc1Br)c1c(Cl)cnn1C(C)C. The minimum Gasteiger partial charge on any atom is -0.308 e. The van der Waals surface area contributed by atoms with Crippen molar-refractivity contribution in [2.45, 2.75) is 25.9 Å². The molecule has 1 unspecified atom stereocenters. The lowest BCUT2D eigenvalue weighted by molar-refractivity contribution is 0.484. The Morgan fingerprint density at radius 2 is 2.00 bits per heavy atom. The molecule has 0 spiro atoms. The molecule has 0 aliphatic heterocycles. The molecule has 1 atom stereocenters. The Morgan fingerprint density at radius 1 is 1.30 bits per heavy atom. The van der Waals surface area contributed by atoms with E-state index < -0.39 is 0 Å². The molecule has 0 amide bonds. The zero-order valence-corrected chi connectivity index (χ0v) is 15.4. The molecule has 0 aliphatic carbocycles. The maximum atomic E-state index is 6.35. The molecule has 1 aromatic carbocycles. The van der Waals surface area contributed by atoms with E-state index in [1.165, 1.54) is 0 Å². The van der Waals surface area contributed by atoms with Crippen LogP contribution in [0.5, 0.6) is 0 Å². The molecule has 2 aromatic rings. The highest BCUT2D eigenvalue weighted by Gasteiger charge is 2.23. The van der Waals surface area contributed by atoms with Gasteiger partial charge < -0.3 is 5.32 Å². The Bertz CT molecular complexity index is 610. The van der Waals surface area contributed by atoms with Gasteiger partial charge in [-0.1, -0.05) is 49.5 Å². The fourth-order valence-corrected chi connectivity index (χ4v) is 3.72. The summed E-state index contributed by atoms with van der Waals surface area (Å²) in [6.07, 6.45) is 1.70. The fourth-order valence-electron chi connectivity index (χ4n) is 2.21. The Kier molecular flexibility index (Phi) is 5.29. The average Bonchev–Trinajstić information content (AvgIpc) is 2.75. The van der Waals surface area contributed by atoms with Gasteiger partial charge in [-0.25, -0.2) is 0 Å².